The molecule has 1 saturated heterocycles. The molecular weight excluding hydrogens is 190 g/mol. The van der Waals surface area contributed by atoms with Gasteiger partial charge in [0.05, 0.1) is 12.2 Å². The predicted molar refractivity (Wildman–Crippen MR) is 59.6 cm³/mol. The molecule has 1 heterocycles. The topological polar surface area (TPSA) is 43.7 Å². The Balaban J connectivity index is 1.92. The largest absolute Gasteiger partial charge is 0.392 e. The smallest absolute Gasteiger partial charge is 0.0695 e. The highest BCUT2D eigenvalue weighted by atomic mass is 16.3. The van der Waals surface area contributed by atoms with E-state index < -0.39 is 0 Å². The van der Waals surface area contributed by atoms with E-state index in [2.05, 4.69) is 11.8 Å². The lowest BCUT2D eigenvalue weighted by molar-refractivity contribution is -0.0384. The molecule has 2 unspecified atom stereocenters. The minimum atomic E-state index is -0.201. The number of nitrogens with zero attached hydrogens (tertiary/aromatic N) is 1. The van der Waals surface area contributed by atoms with Crippen LogP contribution in [-0.4, -0.2) is 46.5 Å². The first kappa shape index (κ1) is 11.4. The van der Waals surface area contributed by atoms with Crippen molar-refractivity contribution >= 4 is 0 Å². The molecule has 1 saturated carbocycles. The molecule has 15 heavy (non-hydrogen) atoms. The van der Waals surface area contributed by atoms with Crippen LogP contribution in [0, 0.1) is 5.92 Å². The van der Waals surface area contributed by atoms with E-state index in [9.17, 15) is 10.2 Å². The van der Waals surface area contributed by atoms with Gasteiger partial charge in [-0.05, 0) is 31.7 Å². The van der Waals surface area contributed by atoms with Crippen molar-refractivity contribution in [1.82, 2.24) is 4.90 Å². The number of rotatable bonds is 1. The van der Waals surface area contributed by atoms with E-state index in [1.165, 1.54) is 6.42 Å². The van der Waals surface area contributed by atoms with Gasteiger partial charge >= 0.3 is 0 Å². The summed E-state index contributed by atoms with van der Waals surface area (Å²) in [7, 11) is 0. The van der Waals surface area contributed by atoms with Crippen molar-refractivity contribution < 1.29 is 10.2 Å². The van der Waals surface area contributed by atoms with Gasteiger partial charge < -0.3 is 10.2 Å². The lowest BCUT2D eigenvalue weighted by atomic mass is 9.88. The molecule has 2 N–H and O–H groups in total. The number of hydrogen-bond donors (Lipinski definition) is 2. The Morgan fingerprint density at radius 2 is 1.73 bits per heavy atom. The number of likely N-dealkylation sites (tertiary alicyclic amines) is 1. The van der Waals surface area contributed by atoms with E-state index >= 15 is 0 Å². The van der Waals surface area contributed by atoms with Crippen molar-refractivity contribution in [3.63, 3.8) is 0 Å². The molecular formula is C12H23NO2. The Hall–Kier alpha value is -0.120. The summed E-state index contributed by atoms with van der Waals surface area (Å²) < 4.78 is 0. The third-order valence-corrected chi connectivity index (χ3v) is 4.11. The summed E-state index contributed by atoms with van der Waals surface area (Å²) in [6.07, 6.45) is 5.11. The monoisotopic (exact) mass is 213 g/mol. The molecule has 0 aromatic carbocycles. The van der Waals surface area contributed by atoms with Crippen LogP contribution in [0.3, 0.4) is 0 Å². The zero-order valence-corrected chi connectivity index (χ0v) is 9.60. The van der Waals surface area contributed by atoms with Crippen molar-refractivity contribution in [3.05, 3.63) is 0 Å². The maximum Gasteiger partial charge on any atom is 0.0695 e. The van der Waals surface area contributed by atoms with Crippen LogP contribution in [0.4, 0.5) is 0 Å². The molecule has 0 aromatic rings. The highest BCUT2D eigenvalue weighted by Gasteiger charge is 2.33. The van der Waals surface area contributed by atoms with Crippen LogP contribution in [0.5, 0.6) is 0 Å². The van der Waals surface area contributed by atoms with Crippen LogP contribution >= 0.6 is 0 Å². The summed E-state index contributed by atoms with van der Waals surface area (Å²) in [6, 6.07) is 0.306. The SMILES string of the molecule is CC1CCN([C@@H]2CCCC[C@H]2O)CC1O. The van der Waals surface area contributed by atoms with E-state index in [0.717, 1.165) is 38.8 Å². The van der Waals surface area contributed by atoms with Gasteiger partial charge in [0.15, 0.2) is 0 Å². The molecule has 0 bridgehead atoms. The maximum absolute atomic E-state index is 9.95. The van der Waals surface area contributed by atoms with Gasteiger partial charge in [-0.25, -0.2) is 0 Å². The third-order valence-electron chi connectivity index (χ3n) is 4.11. The minimum Gasteiger partial charge on any atom is -0.392 e. The van der Waals surface area contributed by atoms with Crippen LogP contribution in [0.2, 0.25) is 0 Å². The second-order valence-electron chi connectivity index (χ2n) is 5.25. The van der Waals surface area contributed by atoms with Crippen LogP contribution in [0.15, 0.2) is 0 Å². The molecule has 2 fully saturated rings. The van der Waals surface area contributed by atoms with Gasteiger partial charge in [0, 0.05) is 12.6 Å². The molecule has 88 valence electrons. The second kappa shape index (κ2) is 4.81. The molecule has 0 aromatic heterocycles. The zero-order chi connectivity index (χ0) is 10.8. The van der Waals surface area contributed by atoms with Crippen LogP contribution in [-0.2, 0) is 0 Å². The Morgan fingerprint density at radius 3 is 2.40 bits per heavy atom. The fourth-order valence-electron chi connectivity index (χ4n) is 2.89. The fraction of sp³-hybridized carbons (Fsp3) is 1.00. The lowest BCUT2D eigenvalue weighted by Gasteiger charge is -2.42. The summed E-state index contributed by atoms with van der Waals surface area (Å²) in [6.45, 7) is 3.90. The number of aliphatic hydroxyl groups excluding tert-OH is 2. The molecule has 1 aliphatic heterocycles. The summed E-state index contributed by atoms with van der Waals surface area (Å²) in [4.78, 5) is 2.30. The van der Waals surface area contributed by atoms with Crippen LogP contribution in [0.25, 0.3) is 0 Å². The van der Waals surface area contributed by atoms with Crippen molar-refractivity contribution in [2.24, 2.45) is 5.92 Å². The highest BCUT2D eigenvalue weighted by molar-refractivity contribution is 4.87. The lowest BCUT2D eigenvalue weighted by Crippen LogP contribution is -2.52. The quantitative estimate of drug-likeness (QED) is 0.683. The third kappa shape index (κ3) is 2.52. The van der Waals surface area contributed by atoms with Gasteiger partial charge in [0.2, 0.25) is 0 Å². The Bertz CT molecular complexity index is 210. The average Bonchev–Trinajstić information content (AvgIpc) is 2.23. The molecule has 2 rings (SSSR count). The van der Waals surface area contributed by atoms with Gasteiger partial charge in [-0.1, -0.05) is 19.8 Å². The summed E-state index contributed by atoms with van der Waals surface area (Å²) in [5.74, 6) is 0.419. The molecule has 3 nitrogen and oxygen atoms in total. The van der Waals surface area contributed by atoms with Gasteiger partial charge in [-0.15, -0.1) is 0 Å². The average molecular weight is 213 g/mol. The summed E-state index contributed by atoms with van der Waals surface area (Å²) in [5, 5.41) is 19.8. The molecule has 0 spiro atoms. The van der Waals surface area contributed by atoms with Crippen LogP contribution in [0.1, 0.15) is 39.0 Å². The van der Waals surface area contributed by atoms with Crippen molar-refractivity contribution in [1.29, 1.82) is 0 Å². The molecule has 0 amide bonds. The van der Waals surface area contributed by atoms with E-state index in [1.807, 2.05) is 0 Å². The van der Waals surface area contributed by atoms with Gasteiger partial charge in [-0.3, -0.25) is 4.90 Å². The van der Waals surface area contributed by atoms with E-state index in [-0.39, 0.29) is 12.2 Å². The van der Waals surface area contributed by atoms with Crippen molar-refractivity contribution in [3.8, 4) is 0 Å². The first-order valence-corrected chi connectivity index (χ1v) is 6.28. The van der Waals surface area contributed by atoms with Gasteiger partial charge in [-0.2, -0.15) is 0 Å². The normalized spacial score (nSPS) is 44.2. The molecule has 4 atom stereocenters. The molecule has 1 aliphatic carbocycles. The van der Waals surface area contributed by atoms with E-state index in [1.54, 1.807) is 0 Å². The second-order valence-corrected chi connectivity index (χ2v) is 5.25. The molecule has 3 heteroatoms. The van der Waals surface area contributed by atoms with E-state index in [0.29, 0.717) is 12.0 Å². The Kier molecular flexibility index (Phi) is 3.65. The molecule has 0 radical (unpaired) electrons. The maximum atomic E-state index is 9.95. The van der Waals surface area contributed by atoms with Gasteiger partial charge in [0.1, 0.15) is 0 Å². The number of piperidine rings is 1. The first-order valence-electron chi connectivity index (χ1n) is 6.28. The Morgan fingerprint density at radius 1 is 1.00 bits per heavy atom. The minimum absolute atomic E-state index is 0.167. The zero-order valence-electron chi connectivity index (χ0n) is 9.60. The number of hydrogen-bond acceptors (Lipinski definition) is 3. The van der Waals surface area contributed by atoms with Crippen LogP contribution < -0.4 is 0 Å². The summed E-state index contributed by atoms with van der Waals surface area (Å²) in [5.41, 5.74) is 0. The number of β-amino-alcohol motifs (C(OH)–C–C–N with tert-alkyl or cyclic N) is 1. The predicted octanol–water partition coefficient (Wildman–Crippen LogP) is 0.993. The van der Waals surface area contributed by atoms with Crippen molar-refractivity contribution in [2.75, 3.05) is 13.1 Å². The fourth-order valence-corrected chi connectivity index (χ4v) is 2.89. The first-order chi connectivity index (χ1) is 7.18. The summed E-state index contributed by atoms with van der Waals surface area (Å²) >= 11 is 0. The molecule has 2 aliphatic rings. The standard InChI is InChI=1S/C12H23NO2/c1-9-6-7-13(8-12(9)15)10-4-2-3-5-11(10)14/h9-12,14-15H,2-8H2,1H3/t9?,10-,11-,12?/m1/s1. The highest BCUT2D eigenvalue weighted by Crippen LogP contribution is 2.27. The van der Waals surface area contributed by atoms with Crippen molar-refractivity contribution in [2.45, 2.75) is 57.3 Å². The van der Waals surface area contributed by atoms with E-state index in [4.69, 9.17) is 0 Å². The van der Waals surface area contributed by atoms with Gasteiger partial charge in [0.25, 0.3) is 0 Å². The Labute approximate surface area is 92.1 Å². The number of aliphatic hydroxyl groups is 2.